The van der Waals surface area contributed by atoms with Gasteiger partial charge in [-0.05, 0) is 51.7 Å². The smallest absolute Gasteiger partial charge is 0.137 e. The molecule has 1 nitrogen and oxygen atoms in total. The van der Waals surface area contributed by atoms with E-state index < -0.39 is 0 Å². The first kappa shape index (κ1) is 15.2. The van der Waals surface area contributed by atoms with E-state index >= 15 is 0 Å². The highest BCUT2D eigenvalue weighted by Crippen LogP contribution is 2.30. The van der Waals surface area contributed by atoms with Gasteiger partial charge < -0.3 is 5.32 Å². The number of aryl methyl sites for hydroxylation is 1. The SMILES string of the molecule is CCNC(c1ccc(CC)cc1)c1cccc(F)c1Br. The maximum Gasteiger partial charge on any atom is 0.137 e. The summed E-state index contributed by atoms with van der Waals surface area (Å²) >= 11 is 3.36. The summed E-state index contributed by atoms with van der Waals surface area (Å²) in [4.78, 5) is 0. The first-order chi connectivity index (χ1) is 9.67. The van der Waals surface area contributed by atoms with Crippen molar-refractivity contribution in [3.8, 4) is 0 Å². The van der Waals surface area contributed by atoms with E-state index in [4.69, 9.17) is 0 Å². The lowest BCUT2D eigenvalue weighted by molar-refractivity contribution is 0.595. The lowest BCUT2D eigenvalue weighted by Crippen LogP contribution is -2.22. The highest BCUT2D eigenvalue weighted by molar-refractivity contribution is 9.10. The first-order valence-electron chi connectivity index (χ1n) is 6.93. The summed E-state index contributed by atoms with van der Waals surface area (Å²) in [5, 5.41) is 3.42. The van der Waals surface area contributed by atoms with E-state index in [9.17, 15) is 4.39 Å². The molecule has 20 heavy (non-hydrogen) atoms. The Hall–Kier alpha value is -1.19. The van der Waals surface area contributed by atoms with Gasteiger partial charge in [-0.25, -0.2) is 4.39 Å². The molecule has 0 aliphatic heterocycles. The molecule has 2 rings (SSSR count). The lowest BCUT2D eigenvalue weighted by atomic mass is 9.97. The number of halogens is 2. The third-order valence-electron chi connectivity index (χ3n) is 3.42. The Labute approximate surface area is 128 Å². The van der Waals surface area contributed by atoms with Crippen LogP contribution >= 0.6 is 15.9 Å². The van der Waals surface area contributed by atoms with Crippen molar-refractivity contribution in [3.63, 3.8) is 0 Å². The van der Waals surface area contributed by atoms with Crippen LogP contribution in [0.25, 0.3) is 0 Å². The molecular formula is C17H19BrFN. The van der Waals surface area contributed by atoms with Crippen LogP contribution in [0.2, 0.25) is 0 Å². The van der Waals surface area contributed by atoms with Crippen molar-refractivity contribution in [2.75, 3.05) is 6.54 Å². The zero-order chi connectivity index (χ0) is 14.5. The van der Waals surface area contributed by atoms with Gasteiger partial charge in [0.25, 0.3) is 0 Å². The molecule has 0 spiro atoms. The Kier molecular flexibility index (Phi) is 5.32. The number of hydrogen-bond acceptors (Lipinski definition) is 1. The minimum Gasteiger partial charge on any atom is -0.306 e. The normalized spacial score (nSPS) is 12.4. The van der Waals surface area contributed by atoms with Crippen LogP contribution < -0.4 is 5.32 Å². The van der Waals surface area contributed by atoms with E-state index in [1.165, 1.54) is 11.6 Å². The molecule has 0 radical (unpaired) electrons. The lowest BCUT2D eigenvalue weighted by Gasteiger charge is -2.21. The van der Waals surface area contributed by atoms with Crippen LogP contribution in [-0.2, 0) is 6.42 Å². The van der Waals surface area contributed by atoms with Crippen LogP contribution in [0.3, 0.4) is 0 Å². The molecule has 3 heteroatoms. The topological polar surface area (TPSA) is 12.0 Å². The number of nitrogens with one attached hydrogen (secondary N) is 1. The highest BCUT2D eigenvalue weighted by Gasteiger charge is 2.17. The fourth-order valence-corrected chi connectivity index (χ4v) is 2.79. The van der Waals surface area contributed by atoms with Crippen molar-refractivity contribution in [3.05, 3.63) is 69.4 Å². The van der Waals surface area contributed by atoms with Gasteiger partial charge in [-0.15, -0.1) is 0 Å². The second-order valence-electron chi connectivity index (χ2n) is 4.73. The maximum absolute atomic E-state index is 13.7. The van der Waals surface area contributed by atoms with Crippen molar-refractivity contribution in [2.45, 2.75) is 26.3 Å². The van der Waals surface area contributed by atoms with Crippen molar-refractivity contribution in [1.82, 2.24) is 5.32 Å². The molecule has 0 saturated carbocycles. The van der Waals surface area contributed by atoms with Crippen molar-refractivity contribution >= 4 is 15.9 Å². The van der Waals surface area contributed by atoms with Gasteiger partial charge in [0.05, 0.1) is 10.5 Å². The molecule has 1 N–H and O–H groups in total. The molecule has 0 heterocycles. The van der Waals surface area contributed by atoms with Gasteiger partial charge in [-0.2, -0.15) is 0 Å². The summed E-state index contributed by atoms with van der Waals surface area (Å²) in [6.45, 7) is 5.02. The number of rotatable bonds is 5. The minimum atomic E-state index is -0.226. The quantitative estimate of drug-likeness (QED) is 0.823. The molecule has 0 bridgehead atoms. The largest absolute Gasteiger partial charge is 0.306 e. The second kappa shape index (κ2) is 7.00. The molecule has 2 aromatic rings. The summed E-state index contributed by atoms with van der Waals surface area (Å²) in [5.41, 5.74) is 3.38. The molecule has 1 atom stereocenters. The van der Waals surface area contributed by atoms with Crippen LogP contribution in [0.4, 0.5) is 4.39 Å². The Bertz CT molecular complexity index is 566. The molecule has 106 valence electrons. The monoisotopic (exact) mass is 335 g/mol. The molecule has 2 aromatic carbocycles. The zero-order valence-corrected chi connectivity index (χ0v) is 13.4. The van der Waals surface area contributed by atoms with Gasteiger partial charge in [-0.1, -0.05) is 50.2 Å². The predicted octanol–water partition coefficient (Wildman–Crippen LogP) is 4.85. The summed E-state index contributed by atoms with van der Waals surface area (Å²) < 4.78 is 14.3. The van der Waals surface area contributed by atoms with Crippen molar-refractivity contribution in [1.29, 1.82) is 0 Å². The molecule has 1 unspecified atom stereocenters. The minimum absolute atomic E-state index is 0.00372. The predicted molar refractivity (Wildman–Crippen MR) is 85.4 cm³/mol. The van der Waals surface area contributed by atoms with Crippen LogP contribution in [0, 0.1) is 5.82 Å². The molecule has 0 aliphatic rings. The fraction of sp³-hybridized carbons (Fsp3) is 0.294. The van der Waals surface area contributed by atoms with Gasteiger partial charge in [-0.3, -0.25) is 0 Å². The van der Waals surface area contributed by atoms with Crippen LogP contribution in [0.15, 0.2) is 46.9 Å². The van der Waals surface area contributed by atoms with Gasteiger partial charge >= 0.3 is 0 Å². The number of hydrogen-bond donors (Lipinski definition) is 1. The third kappa shape index (κ3) is 3.28. The highest BCUT2D eigenvalue weighted by atomic mass is 79.9. The molecule has 0 fully saturated rings. The summed E-state index contributed by atoms with van der Waals surface area (Å²) in [6.07, 6.45) is 1.02. The average Bonchev–Trinajstić information content (AvgIpc) is 2.48. The second-order valence-corrected chi connectivity index (χ2v) is 5.52. The maximum atomic E-state index is 13.7. The Morgan fingerprint density at radius 3 is 2.40 bits per heavy atom. The van der Waals surface area contributed by atoms with Crippen LogP contribution in [0.5, 0.6) is 0 Å². The van der Waals surface area contributed by atoms with Gasteiger partial charge in [0.2, 0.25) is 0 Å². The van der Waals surface area contributed by atoms with Gasteiger partial charge in [0.1, 0.15) is 5.82 Å². The van der Waals surface area contributed by atoms with Crippen molar-refractivity contribution in [2.24, 2.45) is 0 Å². The first-order valence-corrected chi connectivity index (χ1v) is 7.72. The van der Waals surface area contributed by atoms with Gasteiger partial charge in [0, 0.05) is 0 Å². The van der Waals surface area contributed by atoms with Crippen molar-refractivity contribution < 1.29 is 4.39 Å². The van der Waals surface area contributed by atoms with E-state index in [1.54, 1.807) is 6.07 Å². The standard InChI is InChI=1S/C17H19BrFN/c1-3-12-8-10-13(11-9-12)17(20-4-2)14-6-5-7-15(19)16(14)18/h5-11,17,20H,3-4H2,1-2H3. The molecule has 0 aliphatic carbocycles. The summed E-state index contributed by atoms with van der Waals surface area (Å²) in [6, 6.07) is 13.7. The number of benzene rings is 2. The van der Waals surface area contributed by atoms with E-state index in [1.807, 2.05) is 6.07 Å². The van der Waals surface area contributed by atoms with E-state index in [2.05, 4.69) is 59.4 Å². The molecular weight excluding hydrogens is 317 g/mol. The van der Waals surface area contributed by atoms with E-state index in [0.29, 0.717) is 4.47 Å². The van der Waals surface area contributed by atoms with E-state index in [-0.39, 0.29) is 11.9 Å². The molecule has 0 aromatic heterocycles. The average molecular weight is 336 g/mol. The fourth-order valence-electron chi connectivity index (χ4n) is 2.30. The Balaban J connectivity index is 2.41. The molecule has 0 saturated heterocycles. The third-order valence-corrected chi connectivity index (χ3v) is 4.26. The van der Waals surface area contributed by atoms with Gasteiger partial charge in [0.15, 0.2) is 0 Å². The Morgan fingerprint density at radius 1 is 1.10 bits per heavy atom. The van der Waals surface area contributed by atoms with E-state index in [0.717, 1.165) is 24.1 Å². The zero-order valence-electron chi connectivity index (χ0n) is 11.8. The molecule has 0 amide bonds. The summed E-state index contributed by atoms with van der Waals surface area (Å²) in [7, 11) is 0. The summed E-state index contributed by atoms with van der Waals surface area (Å²) in [5.74, 6) is -0.226. The van der Waals surface area contributed by atoms with Crippen LogP contribution in [-0.4, -0.2) is 6.54 Å². The van der Waals surface area contributed by atoms with Crippen LogP contribution in [0.1, 0.15) is 36.6 Å². The Morgan fingerprint density at radius 2 is 1.80 bits per heavy atom.